The van der Waals surface area contributed by atoms with Crippen molar-refractivity contribution in [3.05, 3.63) is 57.6 Å². The first-order valence-corrected chi connectivity index (χ1v) is 11.6. The van der Waals surface area contributed by atoms with Crippen LogP contribution in [0.5, 0.6) is 11.5 Å². The normalized spacial score (nSPS) is 29.8. The maximum Gasteiger partial charge on any atom is 0.198 e. The van der Waals surface area contributed by atoms with Crippen LogP contribution in [0.25, 0.3) is 0 Å². The molecule has 9 heteroatoms. The number of fused-ring (bicyclic) bond motifs is 3. The van der Waals surface area contributed by atoms with Gasteiger partial charge in [0.15, 0.2) is 23.6 Å². The Balaban J connectivity index is 1.67. The van der Waals surface area contributed by atoms with Gasteiger partial charge in [0.2, 0.25) is 0 Å². The number of nitrogens with two attached hydrogens (primary N) is 1. The van der Waals surface area contributed by atoms with Crippen molar-refractivity contribution in [2.45, 2.75) is 69.7 Å². The molecule has 0 radical (unpaired) electrons. The van der Waals surface area contributed by atoms with Crippen LogP contribution in [0.4, 0.5) is 0 Å². The van der Waals surface area contributed by atoms with Crippen molar-refractivity contribution in [3.63, 3.8) is 0 Å². The van der Waals surface area contributed by atoms with E-state index in [0.29, 0.717) is 12.8 Å². The van der Waals surface area contributed by atoms with Gasteiger partial charge in [0.05, 0.1) is 23.3 Å². The van der Waals surface area contributed by atoms with Crippen LogP contribution in [0.1, 0.15) is 82.2 Å². The molecule has 1 fully saturated rings. The van der Waals surface area contributed by atoms with Crippen molar-refractivity contribution >= 4 is 17.3 Å². The summed E-state index contributed by atoms with van der Waals surface area (Å²) in [5.74, 6) is -2.84. The minimum absolute atomic E-state index is 0.00343. The molecule has 2 aromatic rings. The Hall–Kier alpha value is -3.11. The Bertz CT molecular complexity index is 1270. The summed E-state index contributed by atoms with van der Waals surface area (Å²) in [5.41, 5.74) is 3.73. The number of aromatic hydroxyl groups is 2. The van der Waals surface area contributed by atoms with Crippen LogP contribution in [-0.2, 0) is 20.7 Å². The lowest BCUT2D eigenvalue weighted by Crippen LogP contribution is -2.47. The quantitative estimate of drug-likeness (QED) is 0.411. The predicted octanol–water partition coefficient (Wildman–Crippen LogP) is 2.05. The fourth-order valence-corrected chi connectivity index (χ4v) is 5.32. The molecule has 0 saturated carbocycles. The number of benzene rings is 2. The molecule has 0 bridgehead atoms. The molecule has 5 atom stereocenters. The first-order valence-electron chi connectivity index (χ1n) is 11.6. The molecule has 35 heavy (non-hydrogen) atoms. The van der Waals surface area contributed by atoms with Crippen LogP contribution in [-0.4, -0.2) is 56.7 Å². The van der Waals surface area contributed by atoms with Crippen LogP contribution in [0.2, 0.25) is 0 Å². The largest absolute Gasteiger partial charge is 0.507 e. The maximum absolute atomic E-state index is 13.3. The summed E-state index contributed by atoms with van der Waals surface area (Å²) in [6.45, 7) is 3.03. The summed E-state index contributed by atoms with van der Waals surface area (Å²) in [4.78, 5) is 39.0. The monoisotopic (exact) mass is 481 g/mol. The highest BCUT2D eigenvalue weighted by Crippen LogP contribution is 2.51. The van der Waals surface area contributed by atoms with Gasteiger partial charge in [0, 0.05) is 41.1 Å². The molecule has 1 saturated heterocycles. The Morgan fingerprint density at radius 3 is 2.26 bits per heavy atom. The van der Waals surface area contributed by atoms with Crippen LogP contribution in [0, 0.1) is 0 Å². The summed E-state index contributed by atoms with van der Waals surface area (Å²) >= 11 is 0. The van der Waals surface area contributed by atoms with E-state index in [1.54, 1.807) is 12.1 Å². The van der Waals surface area contributed by atoms with E-state index in [1.165, 1.54) is 19.1 Å². The second kappa shape index (κ2) is 8.23. The molecule has 2 aromatic carbocycles. The third kappa shape index (κ3) is 3.58. The number of hydrogen-bond acceptors (Lipinski definition) is 9. The Morgan fingerprint density at radius 2 is 1.69 bits per heavy atom. The van der Waals surface area contributed by atoms with Gasteiger partial charge in [-0.3, -0.25) is 14.4 Å². The average Bonchev–Trinajstić information content (AvgIpc) is 2.82. The second-order valence-electron chi connectivity index (χ2n) is 9.65. The molecular formula is C26H27NO8. The molecule has 184 valence electrons. The summed E-state index contributed by atoms with van der Waals surface area (Å²) in [5, 5.41) is 33.7. The minimum Gasteiger partial charge on any atom is -0.507 e. The number of ether oxygens (including phenoxy) is 2. The Morgan fingerprint density at radius 1 is 1.09 bits per heavy atom. The lowest BCUT2D eigenvalue weighted by molar-refractivity contribution is -0.226. The third-order valence-corrected chi connectivity index (χ3v) is 7.45. The number of carbonyl (C=O) groups excluding carboxylic acids is 3. The number of rotatable bonds is 3. The molecular weight excluding hydrogens is 454 g/mol. The fraction of sp³-hybridized carbons (Fsp3) is 0.423. The van der Waals surface area contributed by atoms with E-state index >= 15 is 0 Å². The van der Waals surface area contributed by atoms with Crippen LogP contribution >= 0.6 is 0 Å². The molecule has 2 aliphatic carbocycles. The number of carbonyl (C=O) groups is 3. The molecule has 1 heterocycles. The summed E-state index contributed by atoms with van der Waals surface area (Å²) in [6, 6.07) is 5.99. The van der Waals surface area contributed by atoms with Gasteiger partial charge in [-0.05, 0) is 26.7 Å². The number of phenolic OH excluding ortho intramolecular Hbond substituents is 2. The van der Waals surface area contributed by atoms with Crippen molar-refractivity contribution in [1.82, 2.24) is 0 Å². The topological polar surface area (TPSA) is 156 Å². The summed E-state index contributed by atoms with van der Waals surface area (Å²) in [6.07, 6.45) is -1.64. The first kappa shape index (κ1) is 23.6. The van der Waals surface area contributed by atoms with Gasteiger partial charge in [0.25, 0.3) is 0 Å². The number of ketones is 3. The van der Waals surface area contributed by atoms with Gasteiger partial charge in [-0.25, -0.2) is 0 Å². The molecule has 9 nitrogen and oxygen atoms in total. The second-order valence-corrected chi connectivity index (χ2v) is 9.65. The van der Waals surface area contributed by atoms with E-state index in [4.69, 9.17) is 15.2 Å². The van der Waals surface area contributed by atoms with Crippen LogP contribution in [0.15, 0.2) is 24.3 Å². The number of hydrogen-bond donors (Lipinski definition) is 4. The molecule has 5 unspecified atom stereocenters. The summed E-state index contributed by atoms with van der Waals surface area (Å²) in [7, 11) is 0. The lowest BCUT2D eigenvalue weighted by Gasteiger charge is -2.41. The third-order valence-electron chi connectivity index (χ3n) is 7.45. The van der Waals surface area contributed by atoms with Gasteiger partial charge in [-0.15, -0.1) is 0 Å². The fourth-order valence-electron chi connectivity index (χ4n) is 5.32. The Labute approximate surface area is 201 Å². The van der Waals surface area contributed by atoms with E-state index < -0.39 is 46.8 Å². The molecule has 5 N–H and O–H groups in total. The van der Waals surface area contributed by atoms with E-state index in [0.717, 1.165) is 0 Å². The number of phenols is 2. The van der Waals surface area contributed by atoms with Gasteiger partial charge < -0.3 is 30.5 Å². The zero-order chi connectivity index (χ0) is 25.2. The van der Waals surface area contributed by atoms with Gasteiger partial charge in [0.1, 0.15) is 17.1 Å². The van der Waals surface area contributed by atoms with Crippen LogP contribution < -0.4 is 5.73 Å². The van der Waals surface area contributed by atoms with E-state index in [-0.39, 0.29) is 58.4 Å². The highest BCUT2D eigenvalue weighted by atomic mass is 16.7. The maximum atomic E-state index is 13.3. The average molecular weight is 482 g/mol. The van der Waals surface area contributed by atoms with Crippen molar-refractivity contribution in [2.75, 3.05) is 0 Å². The minimum atomic E-state index is -1.91. The highest BCUT2D eigenvalue weighted by molar-refractivity contribution is 6.30. The van der Waals surface area contributed by atoms with Crippen molar-refractivity contribution in [2.24, 2.45) is 5.73 Å². The Kier molecular flexibility index (Phi) is 5.56. The molecule has 3 aliphatic rings. The zero-order valence-electron chi connectivity index (χ0n) is 19.4. The molecule has 0 aromatic heterocycles. The van der Waals surface area contributed by atoms with Crippen LogP contribution in [0.3, 0.4) is 0 Å². The van der Waals surface area contributed by atoms with Gasteiger partial charge >= 0.3 is 0 Å². The van der Waals surface area contributed by atoms with Crippen molar-refractivity contribution in [3.8, 4) is 11.5 Å². The summed E-state index contributed by atoms with van der Waals surface area (Å²) < 4.78 is 12.0. The van der Waals surface area contributed by atoms with Gasteiger partial charge in [-0.2, -0.15) is 0 Å². The SMILES string of the molecule is CC(=O)C1(O)Cc2c(O)c3c(c(O)c2C(OC2CCC(N)C(C)O2)C1)C(=O)c1ccccc1C3=O. The molecule has 1 aliphatic heterocycles. The zero-order valence-corrected chi connectivity index (χ0v) is 19.4. The molecule has 0 spiro atoms. The standard InChI is InChI=1S/C26H27NO8/c1-11-16(27)7-8-18(34-11)35-17-10-26(33,12(2)28)9-15-19(17)25(32)21-20(24(15)31)22(29)13-5-3-4-6-14(13)23(21)30/h3-6,11,16-18,31-33H,7-10,27H2,1-2H3. The van der Waals surface area contributed by atoms with E-state index in [1.807, 2.05) is 6.92 Å². The molecule has 5 rings (SSSR count). The van der Waals surface area contributed by atoms with Gasteiger partial charge in [-0.1, -0.05) is 24.3 Å². The molecule has 0 amide bonds. The van der Waals surface area contributed by atoms with Crippen molar-refractivity contribution in [1.29, 1.82) is 0 Å². The lowest BCUT2D eigenvalue weighted by atomic mass is 9.72. The number of Topliss-reactive ketones (excluding diaryl/α,β-unsaturated/α-hetero) is 1. The van der Waals surface area contributed by atoms with E-state index in [9.17, 15) is 29.7 Å². The van der Waals surface area contributed by atoms with E-state index in [2.05, 4.69) is 0 Å². The number of aliphatic hydroxyl groups is 1. The van der Waals surface area contributed by atoms with Crippen molar-refractivity contribution < 1.29 is 39.2 Å². The first-order chi connectivity index (χ1) is 16.5. The smallest absolute Gasteiger partial charge is 0.198 e. The highest BCUT2D eigenvalue weighted by Gasteiger charge is 2.48. The predicted molar refractivity (Wildman–Crippen MR) is 122 cm³/mol.